The Kier molecular flexibility index (Phi) is 19.5. The second-order valence-electron chi connectivity index (χ2n) is 7.56. The van der Waals surface area contributed by atoms with Crippen molar-refractivity contribution in [2.24, 2.45) is 11.5 Å². The van der Waals surface area contributed by atoms with Gasteiger partial charge in [0.2, 0.25) is 17.7 Å². The minimum absolute atomic E-state index is 0.0274. The number of carbonyl (C=O) groups excluding carboxylic acids is 3. The van der Waals surface area contributed by atoms with Gasteiger partial charge in [-0.05, 0) is 64.8 Å². The molecule has 3 amide bonds. The molecule has 13 heteroatoms. The molecule has 0 aromatic heterocycles. The van der Waals surface area contributed by atoms with Crippen LogP contribution in [0, 0.1) is 0 Å². The normalized spacial score (nSPS) is 12.6. The maximum absolute atomic E-state index is 12.1. The molecule has 0 bridgehead atoms. The minimum atomic E-state index is -1.20. The summed E-state index contributed by atoms with van der Waals surface area (Å²) in [7, 11) is 0. The zero-order valence-electron chi connectivity index (χ0n) is 19.2. The first-order valence-corrected chi connectivity index (χ1v) is 12.0. The van der Waals surface area contributed by atoms with E-state index < -0.39 is 29.9 Å². The summed E-state index contributed by atoms with van der Waals surface area (Å²) in [4.78, 5) is 46.5. The first-order chi connectivity index (χ1) is 15.8. The topological polar surface area (TPSA) is 201 Å². The Labute approximate surface area is 201 Å². The molecule has 0 aliphatic carbocycles. The predicted octanol–water partition coefficient (Wildman–Crippen LogP) is -2.48. The van der Waals surface area contributed by atoms with E-state index in [1.165, 1.54) is 0 Å². The third-order valence-corrected chi connectivity index (χ3v) is 4.99. The lowest BCUT2D eigenvalue weighted by Gasteiger charge is -2.17. The number of carboxylic acid groups (broad SMARTS) is 1. The number of aliphatic carboxylic acids is 1. The number of hydrogen-bond donors (Lipinski definition) is 9. The average Bonchev–Trinajstić information content (AvgIpc) is 2.79. The highest BCUT2D eigenvalue weighted by Gasteiger charge is 2.21. The third kappa shape index (κ3) is 18.2. The van der Waals surface area contributed by atoms with Gasteiger partial charge in [0.05, 0.1) is 6.54 Å². The van der Waals surface area contributed by atoms with Gasteiger partial charge in [-0.3, -0.25) is 19.2 Å². The molecule has 0 aromatic rings. The Morgan fingerprint density at radius 2 is 1.45 bits per heavy atom. The number of thiol groups is 1. The monoisotopic (exact) mass is 491 g/mol. The Bertz CT molecular complexity index is 583. The quantitative estimate of drug-likeness (QED) is 0.0616. The maximum Gasteiger partial charge on any atom is 0.320 e. The van der Waals surface area contributed by atoms with E-state index in [-0.39, 0.29) is 31.0 Å². The number of nitrogens with one attached hydrogen (secondary N) is 5. The molecule has 0 spiro atoms. The van der Waals surface area contributed by atoms with Gasteiger partial charge in [0, 0.05) is 18.7 Å². The fourth-order valence-electron chi connectivity index (χ4n) is 2.64. The van der Waals surface area contributed by atoms with Crippen LogP contribution in [-0.2, 0) is 19.2 Å². The van der Waals surface area contributed by atoms with Crippen molar-refractivity contribution in [1.29, 1.82) is 0 Å². The molecule has 0 aliphatic rings. The molecule has 0 heterocycles. The summed E-state index contributed by atoms with van der Waals surface area (Å²) < 4.78 is 0. The number of unbranched alkanes of at least 4 members (excludes halogenated alkanes) is 1. The van der Waals surface area contributed by atoms with Gasteiger partial charge in [0.15, 0.2) is 0 Å². The van der Waals surface area contributed by atoms with Gasteiger partial charge in [-0.2, -0.15) is 12.6 Å². The van der Waals surface area contributed by atoms with Crippen molar-refractivity contribution in [3.8, 4) is 0 Å². The zero-order valence-corrected chi connectivity index (χ0v) is 20.1. The largest absolute Gasteiger partial charge is 0.480 e. The molecule has 0 rings (SSSR count). The van der Waals surface area contributed by atoms with Crippen LogP contribution in [-0.4, -0.2) is 92.4 Å². The van der Waals surface area contributed by atoms with Gasteiger partial charge >= 0.3 is 5.97 Å². The lowest BCUT2D eigenvalue weighted by atomic mass is 10.1. The summed E-state index contributed by atoms with van der Waals surface area (Å²) in [6.07, 6.45) is 3.74. The van der Waals surface area contributed by atoms with Crippen molar-refractivity contribution >= 4 is 36.3 Å². The Morgan fingerprint density at radius 1 is 0.848 bits per heavy atom. The van der Waals surface area contributed by atoms with Crippen molar-refractivity contribution in [3.63, 3.8) is 0 Å². The number of carbonyl (C=O) groups is 4. The molecule has 0 saturated heterocycles. The van der Waals surface area contributed by atoms with Gasteiger partial charge in [-0.15, -0.1) is 0 Å². The number of carboxylic acids is 1. The number of nitrogens with two attached hydrogens (primary N) is 2. The highest BCUT2D eigenvalue weighted by molar-refractivity contribution is 7.80. The van der Waals surface area contributed by atoms with Crippen molar-refractivity contribution in [2.75, 3.05) is 51.6 Å². The molecule has 12 nitrogen and oxygen atoms in total. The summed E-state index contributed by atoms with van der Waals surface area (Å²) >= 11 is 4.03. The van der Waals surface area contributed by atoms with Gasteiger partial charge in [-0.25, -0.2) is 0 Å². The number of rotatable bonds is 21. The molecular weight excluding hydrogens is 450 g/mol. The molecule has 2 atom stereocenters. The van der Waals surface area contributed by atoms with E-state index in [9.17, 15) is 19.2 Å². The van der Waals surface area contributed by atoms with Crippen LogP contribution in [0.3, 0.4) is 0 Å². The average molecular weight is 492 g/mol. The van der Waals surface area contributed by atoms with Crippen LogP contribution < -0.4 is 38.1 Å². The maximum atomic E-state index is 12.1. The summed E-state index contributed by atoms with van der Waals surface area (Å²) in [6.45, 7) is 4.62. The molecule has 0 fully saturated rings. The highest BCUT2D eigenvalue weighted by atomic mass is 32.1. The van der Waals surface area contributed by atoms with Crippen LogP contribution in [0.2, 0.25) is 0 Å². The van der Waals surface area contributed by atoms with Crippen LogP contribution in [0.5, 0.6) is 0 Å². The fraction of sp³-hybridized carbons (Fsp3) is 0.800. The SMILES string of the molecule is NCCCNCCCCNCCCNC(=O)CNC(=O)[C@H](CS)NC(=O)CC[C@H](N)C(=O)O. The smallest absolute Gasteiger partial charge is 0.320 e. The second-order valence-corrected chi connectivity index (χ2v) is 7.92. The predicted molar refractivity (Wildman–Crippen MR) is 130 cm³/mol. The lowest BCUT2D eigenvalue weighted by molar-refractivity contribution is -0.138. The molecule has 0 aromatic carbocycles. The first-order valence-electron chi connectivity index (χ1n) is 11.4. The Balaban J connectivity index is 3.80. The van der Waals surface area contributed by atoms with Gasteiger partial charge < -0.3 is 43.2 Å². The molecule has 10 N–H and O–H groups in total. The van der Waals surface area contributed by atoms with Crippen molar-refractivity contribution in [1.82, 2.24) is 26.6 Å². The van der Waals surface area contributed by atoms with Crippen LogP contribution >= 0.6 is 12.6 Å². The summed E-state index contributed by atoms with van der Waals surface area (Å²) in [6, 6.07) is -2.08. The lowest BCUT2D eigenvalue weighted by Crippen LogP contribution is -2.50. The summed E-state index contributed by atoms with van der Waals surface area (Å²) in [5, 5.41) is 23.0. The highest BCUT2D eigenvalue weighted by Crippen LogP contribution is 1.97. The number of amides is 3. The van der Waals surface area contributed by atoms with Crippen LogP contribution in [0.25, 0.3) is 0 Å². The van der Waals surface area contributed by atoms with E-state index in [0.29, 0.717) is 13.1 Å². The van der Waals surface area contributed by atoms with Crippen molar-refractivity contribution in [2.45, 2.75) is 50.6 Å². The van der Waals surface area contributed by atoms with E-state index in [2.05, 4.69) is 39.2 Å². The van der Waals surface area contributed by atoms with Gasteiger partial charge in [0.1, 0.15) is 12.1 Å². The third-order valence-electron chi connectivity index (χ3n) is 4.62. The van der Waals surface area contributed by atoms with Crippen molar-refractivity contribution < 1.29 is 24.3 Å². The van der Waals surface area contributed by atoms with Crippen molar-refractivity contribution in [3.05, 3.63) is 0 Å². The summed E-state index contributed by atoms with van der Waals surface area (Å²) in [5.41, 5.74) is 10.8. The van der Waals surface area contributed by atoms with E-state index in [1.807, 2.05) is 0 Å². The van der Waals surface area contributed by atoms with E-state index >= 15 is 0 Å². The molecule has 0 unspecified atom stereocenters. The minimum Gasteiger partial charge on any atom is -0.480 e. The molecule has 0 aliphatic heterocycles. The van der Waals surface area contributed by atoms with E-state index in [1.54, 1.807) is 0 Å². The number of hydrogen-bond acceptors (Lipinski definition) is 9. The second kappa shape index (κ2) is 20.7. The van der Waals surface area contributed by atoms with Gasteiger partial charge in [-0.1, -0.05) is 0 Å². The molecule has 0 radical (unpaired) electrons. The molecule has 33 heavy (non-hydrogen) atoms. The standard InChI is InChI=1S/C20H41N7O5S/c21-7-3-10-23-8-1-2-9-24-11-4-12-25-18(29)13-26-19(30)16(14-33)27-17(28)6-5-15(22)20(31)32/h15-16,23-24,33H,1-14,21-22H2,(H,25,29)(H,26,30)(H,27,28)(H,31,32)/t15-,16-/m0/s1. The van der Waals surface area contributed by atoms with Crippen LogP contribution in [0.4, 0.5) is 0 Å². The summed E-state index contributed by atoms with van der Waals surface area (Å²) in [5.74, 6) is -2.56. The Hall–Kier alpha value is -1.93. The Morgan fingerprint density at radius 3 is 2.03 bits per heavy atom. The molecular formula is C20H41N7O5S. The molecule has 192 valence electrons. The molecule has 0 saturated carbocycles. The first kappa shape index (κ1) is 31.1. The fourth-order valence-corrected chi connectivity index (χ4v) is 2.90. The van der Waals surface area contributed by atoms with E-state index in [4.69, 9.17) is 16.6 Å². The zero-order chi connectivity index (χ0) is 24.9. The van der Waals surface area contributed by atoms with E-state index in [0.717, 1.165) is 51.9 Å². The van der Waals surface area contributed by atoms with Crippen LogP contribution in [0.1, 0.15) is 38.5 Å². The van der Waals surface area contributed by atoms with Gasteiger partial charge in [0.25, 0.3) is 0 Å². The van der Waals surface area contributed by atoms with Crippen LogP contribution in [0.15, 0.2) is 0 Å².